The maximum atomic E-state index is 4.51. The van der Waals surface area contributed by atoms with Gasteiger partial charge in [0.25, 0.3) is 0 Å². The van der Waals surface area contributed by atoms with Crippen molar-refractivity contribution in [2.75, 3.05) is 27.2 Å². The fourth-order valence-corrected chi connectivity index (χ4v) is 2.63. The summed E-state index contributed by atoms with van der Waals surface area (Å²) in [6.45, 7) is 2.28. The molecular weight excluding hydrogens is 198 g/mol. The molecule has 0 radical (unpaired) electrons. The maximum absolute atomic E-state index is 4.51. The summed E-state index contributed by atoms with van der Waals surface area (Å²) in [5.74, 6) is 0.679. The highest BCUT2D eigenvalue weighted by molar-refractivity contribution is 5.10. The van der Waals surface area contributed by atoms with Crippen LogP contribution in [-0.4, -0.2) is 37.1 Å². The highest BCUT2D eigenvalue weighted by atomic mass is 15.1. The van der Waals surface area contributed by atoms with Gasteiger partial charge in [-0.2, -0.15) is 0 Å². The molecule has 1 fully saturated rings. The van der Waals surface area contributed by atoms with Crippen molar-refractivity contribution >= 4 is 0 Å². The van der Waals surface area contributed by atoms with Crippen LogP contribution in [-0.2, 0) is 0 Å². The van der Waals surface area contributed by atoms with Gasteiger partial charge in [-0.3, -0.25) is 4.98 Å². The third kappa shape index (κ3) is 2.60. The summed E-state index contributed by atoms with van der Waals surface area (Å²) in [5, 5.41) is 3.49. The molecule has 88 valence electrons. The summed E-state index contributed by atoms with van der Waals surface area (Å²) < 4.78 is 0. The second kappa shape index (κ2) is 5.41. The van der Waals surface area contributed by atoms with E-state index in [-0.39, 0.29) is 0 Å². The predicted octanol–water partition coefficient (Wildman–Crippen LogP) is 1.68. The first-order chi connectivity index (χ1) is 7.79. The van der Waals surface area contributed by atoms with Crippen molar-refractivity contribution in [1.82, 2.24) is 15.2 Å². The molecule has 2 unspecified atom stereocenters. The van der Waals surface area contributed by atoms with Gasteiger partial charge in [-0.25, -0.2) is 0 Å². The largest absolute Gasteiger partial charge is 0.316 e. The van der Waals surface area contributed by atoms with E-state index in [9.17, 15) is 0 Å². The molecule has 0 amide bonds. The summed E-state index contributed by atoms with van der Waals surface area (Å²) in [4.78, 5) is 6.80. The molecule has 1 aromatic heterocycles. The molecule has 1 aliphatic rings. The molecule has 2 heterocycles. The maximum Gasteiger partial charge on any atom is 0.0578 e. The molecule has 2 rings (SSSR count). The number of hydrogen-bond donors (Lipinski definition) is 1. The number of nitrogens with zero attached hydrogens (tertiary/aromatic N) is 2. The van der Waals surface area contributed by atoms with Crippen molar-refractivity contribution in [3.05, 3.63) is 30.1 Å². The molecule has 16 heavy (non-hydrogen) atoms. The SMILES string of the molecule is CN(C)C(c1ccccn1)C1CCCNC1. The van der Waals surface area contributed by atoms with Crippen LogP contribution in [0.3, 0.4) is 0 Å². The summed E-state index contributed by atoms with van der Waals surface area (Å²) in [5.41, 5.74) is 1.20. The van der Waals surface area contributed by atoms with Crippen LogP contribution in [0.1, 0.15) is 24.6 Å². The zero-order valence-corrected chi connectivity index (χ0v) is 10.2. The first-order valence-electron chi connectivity index (χ1n) is 6.07. The van der Waals surface area contributed by atoms with Crippen LogP contribution in [0.15, 0.2) is 24.4 Å². The third-order valence-electron chi connectivity index (χ3n) is 3.33. The lowest BCUT2D eigenvalue weighted by atomic mass is 9.89. The molecular formula is C13H21N3. The van der Waals surface area contributed by atoms with E-state index in [1.807, 2.05) is 12.3 Å². The summed E-state index contributed by atoms with van der Waals surface area (Å²) in [7, 11) is 4.29. The van der Waals surface area contributed by atoms with E-state index in [2.05, 4.69) is 41.4 Å². The van der Waals surface area contributed by atoms with Crippen LogP contribution in [0.2, 0.25) is 0 Å². The van der Waals surface area contributed by atoms with Crippen LogP contribution >= 0.6 is 0 Å². The minimum absolute atomic E-state index is 0.439. The molecule has 0 spiro atoms. The van der Waals surface area contributed by atoms with Gasteiger partial charge in [0.15, 0.2) is 0 Å². The Morgan fingerprint density at radius 2 is 2.31 bits per heavy atom. The fraction of sp³-hybridized carbons (Fsp3) is 0.615. The number of rotatable bonds is 3. The Labute approximate surface area is 97.9 Å². The molecule has 1 saturated heterocycles. The molecule has 0 aliphatic carbocycles. The molecule has 3 nitrogen and oxygen atoms in total. The average Bonchev–Trinajstić information content (AvgIpc) is 2.31. The molecule has 0 bridgehead atoms. The normalized spacial score (nSPS) is 23.3. The van der Waals surface area contributed by atoms with Crippen LogP contribution in [0, 0.1) is 5.92 Å². The minimum Gasteiger partial charge on any atom is -0.316 e. The number of aromatic nitrogens is 1. The second-order valence-corrected chi connectivity index (χ2v) is 4.77. The Hall–Kier alpha value is -0.930. The van der Waals surface area contributed by atoms with Crippen molar-refractivity contribution in [2.45, 2.75) is 18.9 Å². The lowest BCUT2D eigenvalue weighted by Crippen LogP contribution is -2.38. The Balaban J connectivity index is 2.16. The van der Waals surface area contributed by atoms with E-state index in [1.54, 1.807) is 0 Å². The molecule has 1 aliphatic heterocycles. The Morgan fingerprint density at radius 1 is 1.44 bits per heavy atom. The van der Waals surface area contributed by atoms with Gasteiger partial charge in [0.1, 0.15) is 0 Å². The highest BCUT2D eigenvalue weighted by Gasteiger charge is 2.27. The van der Waals surface area contributed by atoms with Crippen LogP contribution in [0.5, 0.6) is 0 Å². The van der Waals surface area contributed by atoms with E-state index >= 15 is 0 Å². The zero-order chi connectivity index (χ0) is 11.4. The van der Waals surface area contributed by atoms with Crippen molar-refractivity contribution in [2.24, 2.45) is 5.92 Å². The Kier molecular flexibility index (Phi) is 3.91. The second-order valence-electron chi connectivity index (χ2n) is 4.77. The monoisotopic (exact) mass is 219 g/mol. The molecule has 0 saturated carbocycles. The van der Waals surface area contributed by atoms with E-state index in [1.165, 1.54) is 25.1 Å². The van der Waals surface area contributed by atoms with Gasteiger partial charge in [0, 0.05) is 6.20 Å². The average molecular weight is 219 g/mol. The van der Waals surface area contributed by atoms with Gasteiger partial charge in [0.05, 0.1) is 11.7 Å². The lowest BCUT2D eigenvalue weighted by molar-refractivity contribution is 0.177. The van der Waals surface area contributed by atoms with E-state index in [0.717, 1.165) is 6.54 Å². The van der Waals surface area contributed by atoms with E-state index in [4.69, 9.17) is 0 Å². The van der Waals surface area contributed by atoms with Gasteiger partial charge in [-0.1, -0.05) is 6.07 Å². The van der Waals surface area contributed by atoms with Crippen LogP contribution in [0.25, 0.3) is 0 Å². The fourth-order valence-electron chi connectivity index (χ4n) is 2.63. The highest BCUT2D eigenvalue weighted by Crippen LogP contribution is 2.29. The van der Waals surface area contributed by atoms with E-state index < -0.39 is 0 Å². The van der Waals surface area contributed by atoms with Crippen LogP contribution in [0.4, 0.5) is 0 Å². The van der Waals surface area contributed by atoms with Gasteiger partial charge in [0.2, 0.25) is 0 Å². The first-order valence-corrected chi connectivity index (χ1v) is 6.07. The van der Waals surface area contributed by atoms with Gasteiger partial charge in [-0.15, -0.1) is 0 Å². The summed E-state index contributed by atoms with van der Waals surface area (Å²) in [6, 6.07) is 6.64. The number of hydrogen-bond acceptors (Lipinski definition) is 3. The zero-order valence-electron chi connectivity index (χ0n) is 10.2. The predicted molar refractivity (Wildman–Crippen MR) is 66.3 cm³/mol. The van der Waals surface area contributed by atoms with Gasteiger partial charge >= 0.3 is 0 Å². The molecule has 1 aromatic rings. The smallest absolute Gasteiger partial charge is 0.0578 e. The number of pyridine rings is 1. The van der Waals surface area contributed by atoms with Crippen molar-refractivity contribution < 1.29 is 0 Å². The molecule has 0 aromatic carbocycles. The lowest BCUT2D eigenvalue weighted by Gasteiger charge is -2.34. The standard InChI is InChI=1S/C13H21N3/c1-16(2)13(11-6-5-8-14-10-11)12-7-3-4-9-15-12/h3-4,7,9,11,13-14H,5-6,8,10H2,1-2H3. The molecule has 2 atom stereocenters. The molecule has 3 heteroatoms. The summed E-state index contributed by atoms with van der Waals surface area (Å²) >= 11 is 0. The van der Waals surface area contributed by atoms with Crippen molar-refractivity contribution in [3.8, 4) is 0 Å². The van der Waals surface area contributed by atoms with Crippen molar-refractivity contribution in [1.29, 1.82) is 0 Å². The minimum atomic E-state index is 0.439. The van der Waals surface area contributed by atoms with Crippen molar-refractivity contribution in [3.63, 3.8) is 0 Å². The Bertz CT molecular complexity index is 304. The summed E-state index contributed by atoms with van der Waals surface area (Å²) in [6.07, 6.45) is 4.47. The third-order valence-corrected chi connectivity index (χ3v) is 3.33. The Morgan fingerprint density at radius 3 is 2.88 bits per heavy atom. The first kappa shape index (κ1) is 11.6. The quantitative estimate of drug-likeness (QED) is 0.838. The number of piperidine rings is 1. The molecule has 1 N–H and O–H groups in total. The number of nitrogens with one attached hydrogen (secondary N) is 1. The van der Waals surface area contributed by atoms with Gasteiger partial charge < -0.3 is 10.2 Å². The van der Waals surface area contributed by atoms with Crippen LogP contribution < -0.4 is 5.32 Å². The van der Waals surface area contributed by atoms with E-state index in [0.29, 0.717) is 12.0 Å². The topological polar surface area (TPSA) is 28.2 Å². The van der Waals surface area contributed by atoms with Gasteiger partial charge in [-0.05, 0) is 58.1 Å².